The lowest BCUT2D eigenvalue weighted by Gasteiger charge is -2.46. The van der Waals surface area contributed by atoms with Crippen molar-refractivity contribution in [3.8, 4) is 0 Å². The fraction of sp³-hybridized carbons (Fsp3) is 1.00. The second-order valence-electron chi connectivity index (χ2n) is 5.78. The van der Waals surface area contributed by atoms with Crippen molar-refractivity contribution in [2.24, 2.45) is 5.92 Å². The summed E-state index contributed by atoms with van der Waals surface area (Å²) in [6.07, 6.45) is 2.91. The Morgan fingerprint density at radius 2 is 2.12 bits per heavy atom. The normalized spacial score (nSPS) is 30.6. The zero-order valence-electron chi connectivity index (χ0n) is 11.0. The number of nitrogens with zero attached hydrogens (tertiary/aromatic N) is 1. The molecule has 1 saturated carbocycles. The fourth-order valence-corrected chi connectivity index (χ4v) is 3.21. The van der Waals surface area contributed by atoms with Crippen molar-refractivity contribution in [1.29, 1.82) is 0 Å². The molecule has 0 radical (unpaired) electrons. The smallest absolute Gasteiger partial charge is 0.0278 e. The van der Waals surface area contributed by atoms with Crippen molar-refractivity contribution < 1.29 is 0 Å². The van der Waals surface area contributed by atoms with Crippen LogP contribution in [-0.2, 0) is 0 Å². The van der Waals surface area contributed by atoms with Gasteiger partial charge in [-0.3, -0.25) is 4.90 Å². The maximum atomic E-state index is 3.74. The van der Waals surface area contributed by atoms with E-state index in [0.717, 1.165) is 18.5 Å². The summed E-state index contributed by atoms with van der Waals surface area (Å²) < 4.78 is 0. The van der Waals surface area contributed by atoms with Crippen LogP contribution < -0.4 is 5.32 Å². The first-order valence-corrected chi connectivity index (χ1v) is 7.85. The van der Waals surface area contributed by atoms with Crippen LogP contribution >= 0.6 is 11.8 Å². The highest BCUT2D eigenvalue weighted by Gasteiger charge is 2.39. The van der Waals surface area contributed by atoms with E-state index in [1.54, 1.807) is 0 Å². The molecule has 0 bridgehead atoms. The van der Waals surface area contributed by atoms with Gasteiger partial charge in [-0.1, -0.05) is 6.92 Å². The van der Waals surface area contributed by atoms with Gasteiger partial charge in [-0.2, -0.15) is 11.8 Å². The van der Waals surface area contributed by atoms with E-state index in [9.17, 15) is 0 Å². The number of hydrogen-bond acceptors (Lipinski definition) is 3. The van der Waals surface area contributed by atoms with Gasteiger partial charge in [-0.15, -0.1) is 0 Å². The van der Waals surface area contributed by atoms with Crippen LogP contribution in [0.4, 0.5) is 0 Å². The molecule has 1 N–H and O–H groups in total. The van der Waals surface area contributed by atoms with E-state index in [-0.39, 0.29) is 0 Å². The number of nitrogens with one attached hydrogen (secondary N) is 1. The van der Waals surface area contributed by atoms with E-state index < -0.39 is 0 Å². The van der Waals surface area contributed by atoms with E-state index in [2.05, 4.69) is 42.7 Å². The zero-order valence-corrected chi connectivity index (χ0v) is 11.8. The Bertz CT molecular complexity index is 226. The minimum atomic E-state index is 0.347. The molecule has 1 saturated heterocycles. The van der Waals surface area contributed by atoms with Crippen molar-refractivity contribution in [2.75, 3.05) is 31.1 Å². The molecule has 2 rings (SSSR count). The first-order chi connectivity index (χ1) is 7.63. The lowest BCUT2D eigenvalue weighted by molar-refractivity contribution is 0.0674. The molecular formula is C13H26N2S. The van der Waals surface area contributed by atoms with E-state index in [1.165, 1.54) is 37.4 Å². The SMILES string of the molecule is CCSCCN1CC(C2CC2)NCC1(C)C. The quantitative estimate of drug-likeness (QED) is 0.744. The molecule has 1 heterocycles. The van der Waals surface area contributed by atoms with Crippen LogP contribution in [0.25, 0.3) is 0 Å². The molecule has 3 heteroatoms. The third-order valence-corrected chi connectivity index (χ3v) is 4.85. The second-order valence-corrected chi connectivity index (χ2v) is 7.17. The first-order valence-electron chi connectivity index (χ1n) is 6.69. The number of hydrogen-bond donors (Lipinski definition) is 1. The summed E-state index contributed by atoms with van der Waals surface area (Å²) in [7, 11) is 0. The predicted molar refractivity (Wildman–Crippen MR) is 73.2 cm³/mol. The lowest BCUT2D eigenvalue weighted by Crippen LogP contribution is -2.62. The van der Waals surface area contributed by atoms with E-state index in [0.29, 0.717) is 5.54 Å². The van der Waals surface area contributed by atoms with Crippen LogP contribution in [0, 0.1) is 5.92 Å². The van der Waals surface area contributed by atoms with Crippen molar-refractivity contribution in [1.82, 2.24) is 10.2 Å². The van der Waals surface area contributed by atoms with Gasteiger partial charge >= 0.3 is 0 Å². The van der Waals surface area contributed by atoms with Gasteiger partial charge in [0, 0.05) is 37.0 Å². The van der Waals surface area contributed by atoms with Crippen LogP contribution in [0.15, 0.2) is 0 Å². The lowest BCUT2D eigenvalue weighted by atomic mass is 9.96. The third-order valence-electron chi connectivity index (χ3n) is 3.97. The van der Waals surface area contributed by atoms with E-state index in [1.807, 2.05) is 0 Å². The van der Waals surface area contributed by atoms with Gasteiger partial charge in [-0.05, 0) is 38.4 Å². The molecule has 0 aromatic carbocycles. The standard InChI is InChI=1S/C13H26N2S/c1-4-16-8-7-15-9-12(11-5-6-11)14-10-13(15,2)3/h11-12,14H,4-10H2,1-3H3. The predicted octanol–water partition coefficient (Wildman–Crippen LogP) is 2.20. The van der Waals surface area contributed by atoms with Crippen LogP contribution in [0.3, 0.4) is 0 Å². The van der Waals surface area contributed by atoms with Gasteiger partial charge in [0.2, 0.25) is 0 Å². The highest BCUT2D eigenvalue weighted by molar-refractivity contribution is 7.99. The summed E-state index contributed by atoms with van der Waals surface area (Å²) in [6, 6.07) is 0.777. The molecule has 1 unspecified atom stereocenters. The number of thioether (sulfide) groups is 1. The second kappa shape index (κ2) is 5.28. The van der Waals surface area contributed by atoms with Crippen LogP contribution in [-0.4, -0.2) is 47.6 Å². The van der Waals surface area contributed by atoms with Crippen molar-refractivity contribution in [2.45, 2.75) is 45.2 Å². The Labute approximate surface area is 105 Å². The summed E-state index contributed by atoms with van der Waals surface area (Å²) in [5.41, 5.74) is 0.347. The first kappa shape index (κ1) is 12.7. The van der Waals surface area contributed by atoms with Gasteiger partial charge < -0.3 is 5.32 Å². The Morgan fingerprint density at radius 3 is 2.75 bits per heavy atom. The molecule has 2 aliphatic rings. The summed E-state index contributed by atoms with van der Waals surface area (Å²) >= 11 is 2.07. The minimum absolute atomic E-state index is 0.347. The van der Waals surface area contributed by atoms with Gasteiger partial charge in [0.25, 0.3) is 0 Å². The van der Waals surface area contributed by atoms with Crippen molar-refractivity contribution in [3.05, 3.63) is 0 Å². The van der Waals surface area contributed by atoms with Crippen LogP contribution in [0.5, 0.6) is 0 Å². The fourth-order valence-electron chi connectivity index (χ4n) is 2.57. The highest BCUT2D eigenvalue weighted by atomic mass is 32.2. The highest BCUT2D eigenvalue weighted by Crippen LogP contribution is 2.35. The Balaban J connectivity index is 1.84. The van der Waals surface area contributed by atoms with Crippen molar-refractivity contribution in [3.63, 3.8) is 0 Å². The van der Waals surface area contributed by atoms with E-state index >= 15 is 0 Å². The van der Waals surface area contributed by atoms with Gasteiger partial charge in [-0.25, -0.2) is 0 Å². The maximum absolute atomic E-state index is 3.74. The molecule has 0 spiro atoms. The van der Waals surface area contributed by atoms with Gasteiger partial charge in [0.1, 0.15) is 0 Å². The Hall–Kier alpha value is 0.270. The third kappa shape index (κ3) is 3.14. The molecule has 0 aromatic heterocycles. The minimum Gasteiger partial charge on any atom is -0.311 e. The maximum Gasteiger partial charge on any atom is 0.0278 e. The molecule has 2 nitrogen and oxygen atoms in total. The molecule has 94 valence electrons. The Kier molecular flexibility index (Phi) is 4.20. The summed E-state index contributed by atoms with van der Waals surface area (Å²) in [6.45, 7) is 10.7. The average Bonchev–Trinajstić information content (AvgIpc) is 3.04. The van der Waals surface area contributed by atoms with Crippen LogP contribution in [0.1, 0.15) is 33.6 Å². The molecule has 0 aromatic rings. The van der Waals surface area contributed by atoms with Crippen molar-refractivity contribution >= 4 is 11.8 Å². The summed E-state index contributed by atoms with van der Waals surface area (Å²) in [5, 5.41) is 3.74. The molecule has 2 fully saturated rings. The van der Waals surface area contributed by atoms with Gasteiger partial charge in [0.15, 0.2) is 0 Å². The largest absolute Gasteiger partial charge is 0.311 e. The number of rotatable bonds is 5. The topological polar surface area (TPSA) is 15.3 Å². The molecule has 1 aliphatic carbocycles. The van der Waals surface area contributed by atoms with E-state index in [4.69, 9.17) is 0 Å². The molecule has 0 amide bonds. The molecule has 1 atom stereocenters. The summed E-state index contributed by atoms with van der Waals surface area (Å²) in [5.74, 6) is 3.52. The zero-order chi connectivity index (χ0) is 11.6. The Morgan fingerprint density at radius 1 is 1.38 bits per heavy atom. The number of piperazine rings is 1. The summed E-state index contributed by atoms with van der Waals surface area (Å²) in [4.78, 5) is 2.70. The van der Waals surface area contributed by atoms with Gasteiger partial charge in [0.05, 0.1) is 0 Å². The monoisotopic (exact) mass is 242 g/mol. The molecule has 16 heavy (non-hydrogen) atoms. The average molecular weight is 242 g/mol. The molecule has 1 aliphatic heterocycles. The van der Waals surface area contributed by atoms with Crippen LogP contribution in [0.2, 0.25) is 0 Å². The molecular weight excluding hydrogens is 216 g/mol.